The monoisotopic (exact) mass is 432 g/mol. The average Bonchev–Trinajstić information content (AvgIpc) is 3.29. The van der Waals surface area contributed by atoms with Gasteiger partial charge in [0.05, 0.1) is 11.7 Å². The second kappa shape index (κ2) is 8.43. The number of nitrogens with one attached hydrogen (secondary N) is 2. The molecule has 158 valence electrons. The summed E-state index contributed by atoms with van der Waals surface area (Å²) in [5, 5.41) is 12.4. The maximum absolute atomic E-state index is 4.84. The smallest absolute Gasteiger partial charge is 0.191 e. The van der Waals surface area contributed by atoms with Gasteiger partial charge in [-0.05, 0) is 43.5 Å². The Morgan fingerprint density at radius 3 is 2.65 bits per heavy atom. The minimum atomic E-state index is 0.764. The van der Waals surface area contributed by atoms with Gasteiger partial charge in [-0.25, -0.2) is 15.0 Å². The van der Waals surface area contributed by atoms with Crippen molar-refractivity contribution < 1.29 is 0 Å². The Kier molecular flexibility index (Phi) is 5.33. The van der Waals surface area contributed by atoms with E-state index >= 15 is 0 Å². The van der Waals surface area contributed by atoms with E-state index in [0.717, 1.165) is 70.9 Å². The van der Waals surface area contributed by atoms with Crippen LogP contribution in [0.25, 0.3) is 10.9 Å². The van der Waals surface area contributed by atoms with Crippen molar-refractivity contribution in [2.24, 2.45) is 0 Å². The fourth-order valence-corrected chi connectivity index (χ4v) is 4.21. The molecule has 5 rings (SSSR count). The maximum atomic E-state index is 4.84. The van der Waals surface area contributed by atoms with E-state index in [4.69, 9.17) is 9.97 Å². The molecule has 0 saturated carbocycles. The SMILES string of the molecule is CSc1nc(Nc2ccc3[nH]ncc3c2)c(C)c(N2CCN(c3ccccn3)CC2)n1. The Balaban J connectivity index is 1.39. The number of benzene rings is 1. The molecule has 0 bridgehead atoms. The summed E-state index contributed by atoms with van der Waals surface area (Å²) in [5.74, 6) is 2.86. The van der Waals surface area contributed by atoms with Crippen LogP contribution >= 0.6 is 11.8 Å². The maximum Gasteiger partial charge on any atom is 0.191 e. The Labute approximate surface area is 185 Å². The summed E-state index contributed by atoms with van der Waals surface area (Å²) in [5.41, 5.74) is 3.05. The summed E-state index contributed by atoms with van der Waals surface area (Å²) in [4.78, 5) is 18.7. The lowest BCUT2D eigenvalue weighted by Gasteiger charge is -2.36. The molecule has 8 nitrogen and oxygen atoms in total. The van der Waals surface area contributed by atoms with Crippen LogP contribution < -0.4 is 15.1 Å². The molecule has 0 spiro atoms. The number of nitrogens with zero attached hydrogens (tertiary/aromatic N) is 6. The Bertz CT molecular complexity index is 1180. The molecule has 1 aliphatic heterocycles. The fourth-order valence-electron chi connectivity index (χ4n) is 3.85. The van der Waals surface area contributed by atoms with Gasteiger partial charge >= 0.3 is 0 Å². The number of hydrogen-bond donors (Lipinski definition) is 2. The third-order valence-electron chi connectivity index (χ3n) is 5.54. The first kappa shape index (κ1) is 19.6. The van der Waals surface area contributed by atoms with Gasteiger partial charge in [0.2, 0.25) is 0 Å². The lowest BCUT2D eigenvalue weighted by molar-refractivity contribution is 0.636. The molecule has 1 aliphatic rings. The van der Waals surface area contributed by atoms with Gasteiger partial charge in [-0.3, -0.25) is 5.10 Å². The van der Waals surface area contributed by atoms with Gasteiger partial charge in [-0.2, -0.15) is 5.10 Å². The highest BCUT2D eigenvalue weighted by atomic mass is 32.2. The number of thioether (sulfide) groups is 1. The van der Waals surface area contributed by atoms with Crippen molar-refractivity contribution in [1.82, 2.24) is 25.1 Å². The molecule has 4 aromatic rings. The fraction of sp³-hybridized carbons (Fsp3) is 0.273. The number of rotatable bonds is 5. The zero-order valence-corrected chi connectivity index (χ0v) is 18.4. The van der Waals surface area contributed by atoms with Crippen molar-refractivity contribution in [2.75, 3.05) is 47.6 Å². The number of pyridine rings is 1. The molecule has 1 aromatic carbocycles. The molecule has 0 atom stereocenters. The lowest BCUT2D eigenvalue weighted by atomic mass is 10.2. The molecule has 2 N–H and O–H groups in total. The summed E-state index contributed by atoms with van der Waals surface area (Å²) < 4.78 is 0. The van der Waals surface area contributed by atoms with Gasteiger partial charge < -0.3 is 15.1 Å². The van der Waals surface area contributed by atoms with Crippen LogP contribution in [0.15, 0.2) is 53.9 Å². The van der Waals surface area contributed by atoms with Crippen LogP contribution in [0.4, 0.5) is 23.1 Å². The van der Waals surface area contributed by atoms with E-state index in [1.807, 2.05) is 42.9 Å². The lowest BCUT2D eigenvalue weighted by Crippen LogP contribution is -2.47. The van der Waals surface area contributed by atoms with E-state index in [0.29, 0.717) is 0 Å². The van der Waals surface area contributed by atoms with Gasteiger partial charge in [-0.15, -0.1) is 0 Å². The summed E-state index contributed by atoms with van der Waals surface area (Å²) >= 11 is 1.56. The molecule has 9 heteroatoms. The van der Waals surface area contributed by atoms with Crippen molar-refractivity contribution in [2.45, 2.75) is 12.1 Å². The minimum Gasteiger partial charge on any atom is -0.353 e. The van der Waals surface area contributed by atoms with E-state index in [1.54, 1.807) is 11.8 Å². The Morgan fingerprint density at radius 2 is 1.87 bits per heavy atom. The second-order valence-electron chi connectivity index (χ2n) is 7.47. The average molecular weight is 433 g/mol. The first-order valence-electron chi connectivity index (χ1n) is 10.2. The van der Waals surface area contributed by atoms with Crippen LogP contribution in [0.3, 0.4) is 0 Å². The summed E-state index contributed by atoms with van der Waals surface area (Å²) in [6.45, 7) is 5.69. The van der Waals surface area contributed by atoms with Crippen LogP contribution in [0.2, 0.25) is 0 Å². The molecule has 4 heterocycles. The molecule has 0 unspecified atom stereocenters. The van der Waals surface area contributed by atoms with Crippen molar-refractivity contribution in [3.63, 3.8) is 0 Å². The molecular formula is C22H24N8S. The largest absolute Gasteiger partial charge is 0.353 e. The number of fused-ring (bicyclic) bond motifs is 1. The third-order valence-corrected chi connectivity index (χ3v) is 6.09. The standard InChI is InChI=1S/C22H24N8S/c1-15-20(25-17-6-7-18-16(13-17)14-24-28-18)26-22(31-2)27-21(15)30-11-9-29(10-12-30)19-5-3-4-8-23-19/h3-8,13-14H,9-12H2,1-2H3,(H,24,28)(H,25,26,27). The van der Waals surface area contributed by atoms with Crippen molar-refractivity contribution >= 4 is 45.8 Å². The van der Waals surface area contributed by atoms with Gasteiger partial charge in [0.25, 0.3) is 0 Å². The van der Waals surface area contributed by atoms with E-state index in [9.17, 15) is 0 Å². The van der Waals surface area contributed by atoms with Crippen LogP contribution in [0, 0.1) is 6.92 Å². The molecule has 0 amide bonds. The van der Waals surface area contributed by atoms with E-state index in [-0.39, 0.29) is 0 Å². The first-order valence-corrected chi connectivity index (χ1v) is 11.5. The molecule has 1 fully saturated rings. The second-order valence-corrected chi connectivity index (χ2v) is 8.24. The zero-order valence-electron chi connectivity index (χ0n) is 17.5. The zero-order chi connectivity index (χ0) is 21.2. The number of anilines is 4. The van der Waals surface area contributed by atoms with Crippen molar-refractivity contribution in [3.05, 3.63) is 54.4 Å². The first-order chi connectivity index (χ1) is 15.2. The Hall–Kier alpha value is -3.33. The number of aromatic amines is 1. The van der Waals surface area contributed by atoms with Gasteiger partial charge in [0.1, 0.15) is 17.5 Å². The van der Waals surface area contributed by atoms with Crippen LogP contribution in [0.1, 0.15) is 5.56 Å². The molecule has 31 heavy (non-hydrogen) atoms. The number of piperazine rings is 1. The quantitative estimate of drug-likeness (QED) is 0.363. The summed E-state index contributed by atoms with van der Waals surface area (Å²) in [6, 6.07) is 12.2. The van der Waals surface area contributed by atoms with E-state index in [2.05, 4.69) is 49.4 Å². The summed E-state index contributed by atoms with van der Waals surface area (Å²) in [7, 11) is 0. The van der Waals surface area contributed by atoms with Gasteiger partial charge in [0.15, 0.2) is 5.16 Å². The predicted molar refractivity (Wildman–Crippen MR) is 127 cm³/mol. The Morgan fingerprint density at radius 1 is 1.03 bits per heavy atom. The minimum absolute atomic E-state index is 0.764. The third kappa shape index (κ3) is 4.00. The molecule has 0 radical (unpaired) electrons. The number of aromatic nitrogens is 5. The predicted octanol–water partition coefficient (Wildman–Crippen LogP) is 3.85. The van der Waals surface area contributed by atoms with Crippen LogP contribution in [-0.2, 0) is 0 Å². The van der Waals surface area contributed by atoms with Gasteiger partial charge in [0, 0.05) is 49.0 Å². The molecular weight excluding hydrogens is 408 g/mol. The summed E-state index contributed by atoms with van der Waals surface area (Å²) in [6.07, 6.45) is 5.68. The van der Waals surface area contributed by atoms with Crippen molar-refractivity contribution in [1.29, 1.82) is 0 Å². The van der Waals surface area contributed by atoms with Crippen LogP contribution in [-0.4, -0.2) is 57.6 Å². The highest BCUT2D eigenvalue weighted by Gasteiger charge is 2.22. The van der Waals surface area contributed by atoms with E-state index < -0.39 is 0 Å². The normalized spacial score (nSPS) is 14.3. The molecule has 0 aliphatic carbocycles. The highest BCUT2D eigenvalue weighted by Crippen LogP contribution is 2.30. The molecule has 1 saturated heterocycles. The van der Waals surface area contributed by atoms with Crippen molar-refractivity contribution in [3.8, 4) is 0 Å². The molecule has 3 aromatic heterocycles. The van der Waals surface area contributed by atoms with Crippen LogP contribution in [0.5, 0.6) is 0 Å². The highest BCUT2D eigenvalue weighted by molar-refractivity contribution is 7.98. The number of H-pyrrole nitrogens is 1. The van der Waals surface area contributed by atoms with Gasteiger partial charge in [-0.1, -0.05) is 17.8 Å². The number of hydrogen-bond acceptors (Lipinski definition) is 8. The topological polar surface area (TPSA) is 85.9 Å². The van der Waals surface area contributed by atoms with E-state index in [1.165, 1.54) is 0 Å².